The summed E-state index contributed by atoms with van der Waals surface area (Å²) in [7, 11) is 0. The summed E-state index contributed by atoms with van der Waals surface area (Å²) >= 11 is 0. The van der Waals surface area contributed by atoms with Gasteiger partial charge in [0.25, 0.3) is 0 Å². The summed E-state index contributed by atoms with van der Waals surface area (Å²) in [5, 5.41) is 10.8. The zero-order valence-electron chi connectivity index (χ0n) is 6.77. The summed E-state index contributed by atoms with van der Waals surface area (Å²) < 4.78 is 0. The van der Waals surface area contributed by atoms with Crippen LogP contribution in [0, 0.1) is 5.41 Å². The normalized spacial score (nSPS) is 13.8. The van der Waals surface area contributed by atoms with Crippen LogP contribution >= 0.6 is 0 Å². The first-order valence-corrected chi connectivity index (χ1v) is 2.77. The zero-order chi connectivity index (χ0) is 6.78. The predicted molar refractivity (Wildman–Crippen MR) is 39.4 cm³/mol. The van der Waals surface area contributed by atoms with Crippen molar-refractivity contribution in [2.24, 2.45) is 5.41 Å². The second-order valence-corrected chi connectivity index (χ2v) is 3.02. The van der Waals surface area contributed by atoms with Gasteiger partial charge in [-0.3, -0.25) is 0 Å². The van der Waals surface area contributed by atoms with Gasteiger partial charge in [-0.05, 0) is 5.41 Å². The molecule has 0 amide bonds. The fourth-order valence-electron chi connectivity index (χ4n) is 0.354. The molecule has 0 heterocycles. The summed E-state index contributed by atoms with van der Waals surface area (Å²) in [4.78, 5) is 0. The summed E-state index contributed by atoms with van der Waals surface area (Å²) in [6.07, 6.45) is 0.808. The van der Waals surface area contributed by atoms with Crippen molar-refractivity contribution in [1.29, 1.82) is 0 Å². The lowest BCUT2D eigenvalue weighted by Gasteiger charge is -2.33. The Hall–Kier alpha value is -0.340. The third kappa shape index (κ3) is 4.18. The van der Waals surface area contributed by atoms with Gasteiger partial charge in [-0.2, -0.15) is 0 Å². The topological polar surface area (TPSA) is 59.6 Å². The van der Waals surface area contributed by atoms with E-state index >= 15 is 0 Å². The average Bonchev–Trinajstić information content (AvgIpc) is 1.62. The van der Waals surface area contributed by atoms with Crippen molar-refractivity contribution in [2.75, 3.05) is 0 Å². The number of hydrogen-bond acceptors (Lipinski definition) is 1. The van der Waals surface area contributed by atoms with E-state index in [1.165, 1.54) is 6.08 Å². The highest BCUT2D eigenvalue weighted by Gasteiger charge is 2.09. The minimum Gasteiger partial charge on any atom is -0.849 e. The monoisotopic (exact) mass is 131 g/mol. The first kappa shape index (κ1) is 11.5. The molecule has 0 radical (unpaired) electrons. The largest absolute Gasteiger partial charge is 0.849 e. The highest BCUT2D eigenvalue weighted by Crippen LogP contribution is 2.16. The molecule has 1 unspecified atom stereocenters. The Balaban J connectivity index is 0. The van der Waals surface area contributed by atoms with E-state index in [1.54, 1.807) is 0 Å². The number of rotatable bonds is 1. The van der Waals surface area contributed by atoms with E-state index in [2.05, 4.69) is 6.58 Å². The van der Waals surface area contributed by atoms with Crippen molar-refractivity contribution in [1.82, 2.24) is 6.15 Å². The summed E-state index contributed by atoms with van der Waals surface area (Å²) in [5.41, 5.74) is -0.165. The van der Waals surface area contributed by atoms with Gasteiger partial charge < -0.3 is 11.3 Å². The predicted octanol–water partition coefficient (Wildman–Crippen LogP) is 1.32. The minimum atomic E-state index is -0.637. The van der Waals surface area contributed by atoms with E-state index in [1.807, 2.05) is 20.8 Å². The van der Waals surface area contributed by atoms with Crippen LogP contribution in [0.15, 0.2) is 12.7 Å². The van der Waals surface area contributed by atoms with E-state index in [4.69, 9.17) is 0 Å². The number of hydrogen-bond donors (Lipinski definition) is 1. The fraction of sp³-hybridized carbons (Fsp3) is 0.714. The molecule has 0 saturated heterocycles. The molecular formula is C7H17NO. The minimum absolute atomic E-state index is 0. The van der Waals surface area contributed by atoms with Crippen LogP contribution in [0.5, 0.6) is 0 Å². The van der Waals surface area contributed by atoms with E-state index in [0.29, 0.717) is 0 Å². The van der Waals surface area contributed by atoms with E-state index in [0.717, 1.165) is 0 Å². The Morgan fingerprint density at radius 1 is 1.44 bits per heavy atom. The van der Waals surface area contributed by atoms with Gasteiger partial charge >= 0.3 is 0 Å². The Kier molecular flexibility index (Phi) is 4.63. The quantitative estimate of drug-likeness (QED) is 0.536. The van der Waals surface area contributed by atoms with Crippen molar-refractivity contribution < 1.29 is 5.11 Å². The van der Waals surface area contributed by atoms with E-state index < -0.39 is 6.10 Å². The molecule has 0 aromatic carbocycles. The van der Waals surface area contributed by atoms with Crippen molar-refractivity contribution >= 4 is 0 Å². The van der Waals surface area contributed by atoms with Crippen LogP contribution in [0.4, 0.5) is 0 Å². The molecule has 0 saturated carbocycles. The first-order chi connectivity index (χ1) is 3.48. The van der Waals surface area contributed by atoms with Crippen molar-refractivity contribution in [2.45, 2.75) is 26.9 Å². The van der Waals surface area contributed by atoms with Crippen LogP contribution in [-0.4, -0.2) is 6.10 Å². The molecular weight excluding hydrogens is 114 g/mol. The molecule has 0 fully saturated rings. The molecule has 2 nitrogen and oxygen atoms in total. The lowest BCUT2D eigenvalue weighted by molar-refractivity contribution is -0.425. The van der Waals surface area contributed by atoms with Crippen molar-refractivity contribution in [3.63, 3.8) is 0 Å². The smallest absolute Gasteiger partial charge is 0.0473 e. The summed E-state index contributed by atoms with van der Waals surface area (Å²) in [5.74, 6) is 0. The van der Waals surface area contributed by atoms with Crippen LogP contribution in [-0.2, 0) is 0 Å². The highest BCUT2D eigenvalue weighted by atomic mass is 16.3. The molecule has 9 heavy (non-hydrogen) atoms. The second-order valence-electron chi connectivity index (χ2n) is 3.02. The van der Waals surface area contributed by atoms with Crippen LogP contribution in [0.25, 0.3) is 0 Å². The van der Waals surface area contributed by atoms with E-state index in [-0.39, 0.29) is 11.6 Å². The van der Waals surface area contributed by atoms with Gasteiger partial charge in [-0.25, -0.2) is 0 Å². The molecule has 0 aromatic rings. The van der Waals surface area contributed by atoms with Gasteiger partial charge in [-0.1, -0.05) is 20.8 Å². The lowest BCUT2D eigenvalue weighted by atomic mass is 9.89. The molecule has 2 heteroatoms. The second kappa shape index (κ2) is 3.64. The van der Waals surface area contributed by atoms with Gasteiger partial charge in [-0.15, -0.1) is 18.8 Å². The van der Waals surface area contributed by atoms with Crippen molar-refractivity contribution in [3.05, 3.63) is 12.7 Å². The molecule has 0 spiro atoms. The van der Waals surface area contributed by atoms with Gasteiger partial charge in [0.1, 0.15) is 0 Å². The fourth-order valence-corrected chi connectivity index (χ4v) is 0.354. The maximum Gasteiger partial charge on any atom is -0.0473 e. The Bertz CT molecular complexity index is 83.4. The van der Waals surface area contributed by atoms with Crippen LogP contribution < -0.4 is 11.3 Å². The Labute approximate surface area is 57.2 Å². The van der Waals surface area contributed by atoms with Crippen molar-refractivity contribution in [3.8, 4) is 0 Å². The molecule has 0 aliphatic heterocycles. The van der Waals surface area contributed by atoms with Crippen LogP contribution in [0.2, 0.25) is 0 Å². The molecule has 0 aliphatic carbocycles. The molecule has 56 valence electrons. The number of quaternary nitrogens is 1. The molecule has 0 aromatic heterocycles. The third-order valence-corrected chi connectivity index (χ3v) is 1.07. The molecule has 1 atom stereocenters. The Morgan fingerprint density at radius 2 is 1.78 bits per heavy atom. The van der Waals surface area contributed by atoms with Gasteiger partial charge in [0.15, 0.2) is 0 Å². The maximum absolute atomic E-state index is 10.8. The van der Waals surface area contributed by atoms with Crippen LogP contribution in [0.1, 0.15) is 20.8 Å². The van der Waals surface area contributed by atoms with Gasteiger partial charge in [0.2, 0.25) is 0 Å². The average molecular weight is 131 g/mol. The maximum atomic E-state index is 10.8. The standard InChI is InChI=1S/C7H13O.H3N/c1-5-6(8)7(2,3)4;/h5-6H,1H2,2-4H3;1H3/q-1;/p+1. The van der Waals surface area contributed by atoms with Gasteiger partial charge in [0, 0.05) is 0 Å². The zero-order valence-corrected chi connectivity index (χ0v) is 6.77. The molecule has 0 bridgehead atoms. The lowest BCUT2D eigenvalue weighted by Crippen LogP contribution is -2.36. The SMILES string of the molecule is C=CC([O-])C(C)(C)C.[NH4+]. The summed E-state index contributed by atoms with van der Waals surface area (Å²) in [6, 6.07) is 0. The Morgan fingerprint density at radius 3 is 1.78 bits per heavy atom. The van der Waals surface area contributed by atoms with E-state index in [9.17, 15) is 5.11 Å². The summed E-state index contributed by atoms with van der Waals surface area (Å²) in [6.45, 7) is 9.14. The van der Waals surface area contributed by atoms with Crippen LogP contribution in [0.3, 0.4) is 0 Å². The van der Waals surface area contributed by atoms with Gasteiger partial charge in [0.05, 0.1) is 0 Å². The third-order valence-electron chi connectivity index (χ3n) is 1.07. The molecule has 0 aliphatic rings. The molecule has 0 rings (SSSR count). The first-order valence-electron chi connectivity index (χ1n) is 2.77. The molecule has 4 N–H and O–H groups in total. The highest BCUT2D eigenvalue weighted by molar-refractivity contribution is 4.85.